The van der Waals surface area contributed by atoms with Crippen LogP contribution in [0, 0.1) is 0 Å². The van der Waals surface area contributed by atoms with Gasteiger partial charge in [0.1, 0.15) is 11.9 Å². The number of pyridine rings is 1. The monoisotopic (exact) mass is 452 g/mol. The third-order valence-corrected chi connectivity index (χ3v) is 5.56. The lowest BCUT2D eigenvalue weighted by atomic mass is 10.1. The van der Waals surface area contributed by atoms with E-state index < -0.39 is 0 Å². The Morgan fingerprint density at radius 1 is 1.03 bits per heavy atom. The maximum absolute atomic E-state index is 12.5. The number of amides is 1. The minimum Gasteiger partial charge on any atom is -0.490 e. The number of hydrogen-bond donors (Lipinski definition) is 1. The van der Waals surface area contributed by atoms with Crippen molar-refractivity contribution in [3.05, 3.63) is 59.9 Å². The fourth-order valence-corrected chi connectivity index (χ4v) is 3.93. The smallest absolute Gasteiger partial charge is 0.253 e. The SMILES string of the molecule is Cl.Cl.NC1CCN(C(=O)c2ccc(OC3CCN(Cc4ccccn4)CC3)cc2)C1. The van der Waals surface area contributed by atoms with E-state index in [1.807, 2.05) is 47.5 Å². The van der Waals surface area contributed by atoms with E-state index in [1.54, 1.807) is 0 Å². The molecule has 0 aliphatic carbocycles. The van der Waals surface area contributed by atoms with Crippen molar-refractivity contribution in [1.82, 2.24) is 14.8 Å². The van der Waals surface area contributed by atoms with Gasteiger partial charge < -0.3 is 15.4 Å². The van der Waals surface area contributed by atoms with Crippen LogP contribution in [-0.2, 0) is 6.54 Å². The first kappa shape index (κ1) is 24.4. The van der Waals surface area contributed by atoms with Gasteiger partial charge in [-0.1, -0.05) is 6.07 Å². The Morgan fingerprint density at radius 2 is 1.77 bits per heavy atom. The summed E-state index contributed by atoms with van der Waals surface area (Å²) in [6.07, 6.45) is 4.94. The molecule has 1 unspecified atom stereocenters. The number of carbonyl (C=O) groups is 1. The largest absolute Gasteiger partial charge is 0.490 e. The Morgan fingerprint density at radius 3 is 2.37 bits per heavy atom. The molecule has 2 saturated heterocycles. The second kappa shape index (κ2) is 11.5. The van der Waals surface area contributed by atoms with Gasteiger partial charge in [0.25, 0.3) is 5.91 Å². The maximum Gasteiger partial charge on any atom is 0.253 e. The van der Waals surface area contributed by atoms with Gasteiger partial charge >= 0.3 is 0 Å². The Bertz CT molecular complexity index is 783. The Labute approximate surface area is 190 Å². The van der Waals surface area contributed by atoms with Crippen molar-refractivity contribution in [2.75, 3.05) is 26.2 Å². The predicted octanol–water partition coefficient (Wildman–Crippen LogP) is 3.14. The van der Waals surface area contributed by atoms with Gasteiger partial charge in [0.15, 0.2) is 0 Å². The lowest BCUT2D eigenvalue weighted by Crippen LogP contribution is -2.38. The summed E-state index contributed by atoms with van der Waals surface area (Å²) in [5, 5.41) is 0. The number of nitrogens with zero attached hydrogens (tertiary/aromatic N) is 3. The number of nitrogens with two attached hydrogens (primary N) is 1. The number of ether oxygens (including phenoxy) is 1. The van der Waals surface area contributed by atoms with Crippen LogP contribution < -0.4 is 10.5 Å². The number of likely N-dealkylation sites (tertiary alicyclic amines) is 2. The molecule has 0 spiro atoms. The van der Waals surface area contributed by atoms with Crippen molar-refractivity contribution in [3.8, 4) is 5.75 Å². The zero-order valence-corrected chi connectivity index (χ0v) is 18.6. The number of piperidine rings is 1. The van der Waals surface area contributed by atoms with Gasteiger partial charge in [-0.3, -0.25) is 14.7 Å². The summed E-state index contributed by atoms with van der Waals surface area (Å²) >= 11 is 0. The molecule has 0 radical (unpaired) electrons. The average Bonchev–Trinajstić information content (AvgIpc) is 3.17. The van der Waals surface area contributed by atoms with Crippen LogP contribution in [0.3, 0.4) is 0 Å². The van der Waals surface area contributed by atoms with Gasteiger partial charge in [-0.25, -0.2) is 0 Å². The molecule has 1 atom stereocenters. The van der Waals surface area contributed by atoms with Crippen molar-refractivity contribution < 1.29 is 9.53 Å². The Kier molecular flexibility index (Phi) is 9.37. The first-order valence-electron chi connectivity index (χ1n) is 10.1. The first-order chi connectivity index (χ1) is 13.7. The maximum atomic E-state index is 12.5. The highest BCUT2D eigenvalue weighted by Gasteiger charge is 2.25. The van der Waals surface area contributed by atoms with Crippen LogP contribution in [0.15, 0.2) is 48.7 Å². The molecule has 3 heterocycles. The molecule has 2 aliphatic heterocycles. The second-order valence-electron chi connectivity index (χ2n) is 7.74. The van der Waals surface area contributed by atoms with Crippen molar-refractivity contribution in [3.63, 3.8) is 0 Å². The summed E-state index contributed by atoms with van der Waals surface area (Å²) in [4.78, 5) is 21.2. The number of aromatic nitrogens is 1. The summed E-state index contributed by atoms with van der Waals surface area (Å²) in [6.45, 7) is 4.30. The highest BCUT2D eigenvalue weighted by molar-refractivity contribution is 5.94. The van der Waals surface area contributed by atoms with Crippen LogP contribution in [0.2, 0.25) is 0 Å². The van der Waals surface area contributed by atoms with Gasteiger partial charge in [0.05, 0.1) is 5.69 Å². The fraction of sp³-hybridized carbons (Fsp3) is 0.455. The van der Waals surface area contributed by atoms with Crippen LogP contribution in [-0.4, -0.2) is 59.0 Å². The lowest BCUT2D eigenvalue weighted by Gasteiger charge is -2.31. The molecular weight excluding hydrogens is 423 g/mol. The van der Waals surface area contributed by atoms with Crippen LogP contribution in [0.4, 0.5) is 0 Å². The van der Waals surface area contributed by atoms with Crippen molar-refractivity contribution in [2.24, 2.45) is 5.73 Å². The molecule has 1 aromatic carbocycles. The van der Waals surface area contributed by atoms with E-state index >= 15 is 0 Å². The molecule has 2 aromatic rings. The van der Waals surface area contributed by atoms with Crippen LogP contribution in [0.1, 0.15) is 35.3 Å². The summed E-state index contributed by atoms with van der Waals surface area (Å²) < 4.78 is 6.14. The molecule has 4 rings (SSSR count). The first-order valence-corrected chi connectivity index (χ1v) is 10.1. The molecule has 6 nitrogen and oxygen atoms in total. The van der Waals surface area contributed by atoms with Gasteiger partial charge in [-0.2, -0.15) is 0 Å². The van der Waals surface area contributed by atoms with Gasteiger partial charge in [0.2, 0.25) is 0 Å². The topological polar surface area (TPSA) is 71.7 Å². The van der Waals surface area contributed by atoms with E-state index in [0.29, 0.717) is 12.1 Å². The zero-order valence-electron chi connectivity index (χ0n) is 17.0. The molecule has 30 heavy (non-hydrogen) atoms. The minimum absolute atomic E-state index is 0. The molecule has 0 bridgehead atoms. The number of benzene rings is 1. The van der Waals surface area contributed by atoms with E-state index in [2.05, 4.69) is 16.0 Å². The van der Waals surface area contributed by atoms with Crippen LogP contribution in [0.25, 0.3) is 0 Å². The molecule has 2 fully saturated rings. The van der Waals surface area contributed by atoms with Crippen LogP contribution in [0.5, 0.6) is 5.75 Å². The van der Waals surface area contributed by atoms with Crippen LogP contribution >= 0.6 is 24.8 Å². The zero-order chi connectivity index (χ0) is 19.3. The fourth-order valence-electron chi connectivity index (χ4n) is 3.93. The quantitative estimate of drug-likeness (QED) is 0.753. The number of carbonyl (C=O) groups excluding carboxylic acids is 1. The molecule has 0 saturated carbocycles. The van der Waals surface area contributed by atoms with Gasteiger partial charge in [0, 0.05) is 50.5 Å². The predicted molar refractivity (Wildman–Crippen MR) is 123 cm³/mol. The van der Waals surface area contributed by atoms with Gasteiger partial charge in [-0.15, -0.1) is 24.8 Å². The van der Waals surface area contributed by atoms with Crippen molar-refractivity contribution in [1.29, 1.82) is 0 Å². The molecule has 2 N–H and O–H groups in total. The normalized spacial score (nSPS) is 19.6. The Balaban J connectivity index is 0.00000160. The molecule has 164 valence electrons. The second-order valence-corrected chi connectivity index (χ2v) is 7.74. The highest BCUT2D eigenvalue weighted by atomic mass is 35.5. The molecule has 1 amide bonds. The van der Waals surface area contributed by atoms with Gasteiger partial charge in [-0.05, 0) is 55.7 Å². The summed E-state index contributed by atoms with van der Waals surface area (Å²) in [7, 11) is 0. The van der Waals surface area contributed by atoms with E-state index in [-0.39, 0.29) is 42.9 Å². The third kappa shape index (κ3) is 6.32. The number of rotatable bonds is 5. The van der Waals surface area contributed by atoms with Crippen molar-refractivity contribution in [2.45, 2.75) is 38.0 Å². The summed E-state index contributed by atoms with van der Waals surface area (Å²) in [6, 6.07) is 13.7. The summed E-state index contributed by atoms with van der Waals surface area (Å²) in [5.74, 6) is 0.889. The van der Waals surface area contributed by atoms with E-state index in [4.69, 9.17) is 10.5 Å². The number of halogens is 2. The standard InChI is InChI=1S/C22H28N4O2.2ClH/c23-18-8-14-26(15-18)22(27)17-4-6-20(7-5-17)28-21-9-12-25(13-10-21)16-19-3-1-2-11-24-19;;/h1-7,11,18,21H,8-10,12-16,23H2;2*1H. The minimum atomic E-state index is 0. The molecule has 8 heteroatoms. The average molecular weight is 453 g/mol. The number of hydrogen-bond acceptors (Lipinski definition) is 5. The highest BCUT2D eigenvalue weighted by Crippen LogP contribution is 2.21. The van der Waals surface area contributed by atoms with E-state index in [1.165, 1.54) is 0 Å². The molecular formula is C22H30Cl2N4O2. The molecule has 2 aliphatic rings. The Hall–Kier alpha value is -1.86. The third-order valence-electron chi connectivity index (χ3n) is 5.56. The van der Waals surface area contributed by atoms with E-state index in [9.17, 15) is 4.79 Å². The van der Waals surface area contributed by atoms with Crippen molar-refractivity contribution >= 4 is 30.7 Å². The summed E-state index contributed by atoms with van der Waals surface area (Å²) in [5.41, 5.74) is 7.71. The lowest BCUT2D eigenvalue weighted by molar-refractivity contribution is 0.0790. The van der Waals surface area contributed by atoms with E-state index in [0.717, 1.165) is 56.9 Å². The molecule has 1 aromatic heterocycles.